The van der Waals surface area contributed by atoms with Crippen molar-refractivity contribution >= 4 is 33.2 Å². The number of thiocyanates is 1. The Morgan fingerprint density at radius 2 is 2.00 bits per heavy atom. The van der Waals surface area contributed by atoms with Crippen molar-refractivity contribution in [3.63, 3.8) is 0 Å². The molecule has 0 amide bonds. The number of anilines is 1. The van der Waals surface area contributed by atoms with Crippen LogP contribution in [0.2, 0.25) is 0 Å². The van der Waals surface area contributed by atoms with Gasteiger partial charge in [-0.15, -0.1) is 0 Å². The Morgan fingerprint density at radius 3 is 2.58 bits per heavy atom. The quantitative estimate of drug-likeness (QED) is 0.375. The van der Waals surface area contributed by atoms with Crippen molar-refractivity contribution in [2.24, 2.45) is 0 Å². The molecular formula is C14H10FN3O4S2. The van der Waals surface area contributed by atoms with Crippen LogP contribution >= 0.6 is 11.8 Å². The van der Waals surface area contributed by atoms with Crippen LogP contribution < -0.4 is 4.72 Å². The molecule has 0 aliphatic carbocycles. The highest BCUT2D eigenvalue weighted by atomic mass is 32.2. The van der Waals surface area contributed by atoms with E-state index in [4.69, 9.17) is 5.26 Å². The summed E-state index contributed by atoms with van der Waals surface area (Å²) in [6.07, 6.45) is 0. The van der Waals surface area contributed by atoms with E-state index in [1.54, 1.807) is 5.40 Å². The molecule has 2 rings (SSSR count). The van der Waals surface area contributed by atoms with E-state index in [-0.39, 0.29) is 16.3 Å². The molecule has 7 nitrogen and oxygen atoms in total. The third-order valence-electron chi connectivity index (χ3n) is 3.04. The zero-order valence-corrected chi connectivity index (χ0v) is 13.8. The molecule has 24 heavy (non-hydrogen) atoms. The second-order valence-corrected chi connectivity index (χ2v) is 7.19. The highest BCUT2D eigenvalue weighted by Gasteiger charge is 2.21. The summed E-state index contributed by atoms with van der Waals surface area (Å²) in [5.74, 6) is -0.861. The van der Waals surface area contributed by atoms with Gasteiger partial charge < -0.3 is 0 Å². The number of thioether (sulfide) groups is 1. The largest absolute Gasteiger partial charge is 0.277 e. The maximum absolute atomic E-state index is 13.9. The molecule has 0 unspecified atom stereocenters. The summed E-state index contributed by atoms with van der Waals surface area (Å²) in [6.45, 7) is 1.48. The Balaban J connectivity index is 2.37. The predicted molar refractivity (Wildman–Crippen MR) is 86.5 cm³/mol. The average Bonchev–Trinajstić information content (AvgIpc) is 2.50. The van der Waals surface area contributed by atoms with Crippen molar-refractivity contribution in [1.82, 2.24) is 0 Å². The Kier molecular flexibility index (Phi) is 5.06. The molecule has 0 aliphatic heterocycles. The van der Waals surface area contributed by atoms with E-state index >= 15 is 0 Å². The average molecular weight is 367 g/mol. The van der Waals surface area contributed by atoms with Crippen LogP contribution in [0.3, 0.4) is 0 Å². The molecule has 0 spiro atoms. The molecule has 0 saturated carbocycles. The zero-order valence-electron chi connectivity index (χ0n) is 12.2. The second kappa shape index (κ2) is 6.86. The van der Waals surface area contributed by atoms with E-state index < -0.39 is 20.8 Å². The van der Waals surface area contributed by atoms with Gasteiger partial charge in [0, 0.05) is 16.5 Å². The lowest BCUT2D eigenvalue weighted by Crippen LogP contribution is -2.14. The van der Waals surface area contributed by atoms with E-state index in [1.165, 1.54) is 31.2 Å². The van der Waals surface area contributed by atoms with Gasteiger partial charge in [-0.3, -0.25) is 14.8 Å². The van der Waals surface area contributed by atoms with E-state index in [2.05, 4.69) is 0 Å². The number of aryl methyl sites for hydroxylation is 1. The van der Waals surface area contributed by atoms with E-state index in [9.17, 15) is 22.9 Å². The van der Waals surface area contributed by atoms with E-state index in [1.807, 2.05) is 4.72 Å². The maximum Gasteiger partial charge on any atom is 0.273 e. The summed E-state index contributed by atoms with van der Waals surface area (Å²) in [5, 5.41) is 21.2. The molecule has 0 atom stereocenters. The molecule has 2 aromatic rings. The molecule has 0 fully saturated rings. The van der Waals surface area contributed by atoms with Gasteiger partial charge in [-0.1, -0.05) is 6.07 Å². The number of nitriles is 1. The molecule has 10 heteroatoms. The Hall–Kier alpha value is -2.64. The third kappa shape index (κ3) is 3.81. The molecule has 0 bridgehead atoms. The van der Waals surface area contributed by atoms with Gasteiger partial charge in [0.15, 0.2) is 0 Å². The Bertz CT molecular complexity index is 955. The summed E-state index contributed by atoms with van der Waals surface area (Å²) in [5.41, 5.74) is -0.359. The van der Waals surface area contributed by atoms with Gasteiger partial charge in [-0.25, -0.2) is 12.8 Å². The number of nitrogens with zero attached hydrogens (tertiary/aromatic N) is 2. The fourth-order valence-electron chi connectivity index (χ4n) is 1.85. The highest BCUT2D eigenvalue weighted by molar-refractivity contribution is 8.03. The molecule has 0 aromatic heterocycles. The Labute approximate surface area is 141 Å². The minimum absolute atomic E-state index is 0.308. The van der Waals surface area contributed by atoms with Crippen molar-refractivity contribution in [3.8, 4) is 5.40 Å². The SMILES string of the molecule is Cc1ccc(S(=O)(=O)Nc2ccc(SC#N)cc2F)cc1[N+](=O)[O-]. The second-order valence-electron chi connectivity index (χ2n) is 4.65. The van der Waals surface area contributed by atoms with Gasteiger partial charge in [-0.05, 0) is 43.0 Å². The number of sulfonamides is 1. The van der Waals surface area contributed by atoms with Crippen molar-refractivity contribution in [2.45, 2.75) is 16.7 Å². The highest BCUT2D eigenvalue weighted by Crippen LogP contribution is 2.27. The number of halogens is 1. The molecule has 1 N–H and O–H groups in total. The summed E-state index contributed by atoms with van der Waals surface area (Å²) in [4.78, 5) is 10.2. The van der Waals surface area contributed by atoms with Gasteiger partial charge in [0.25, 0.3) is 15.7 Å². The number of rotatable bonds is 5. The third-order valence-corrected chi connectivity index (χ3v) is 4.98. The smallest absolute Gasteiger partial charge is 0.273 e. The number of hydrogen-bond acceptors (Lipinski definition) is 6. The first kappa shape index (κ1) is 17.7. The van der Waals surface area contributed by atoms with E-state index in [0.29, 0.717) is 10.5 Å². The molecular weight excluding hydrogens is 357 g/mol. The molecule has 0 saturated heterocycles. The number of nitrogens with one attached hydrogen (secondary N) is 1. The number of nitro groups is 1. The molecule has 124 valence electrons. The van der Waals surface area contributed by atoms with Gasteiger partial charge in [0.2, 0.25) is 0 Å². The van der Waals surface area contributed by atoms with Crippen LogP contribution in [0.5, 0.6) is 0 Å². The summed E-state index contributed by atoms with van der Waals surface area (Å²) in [6, 6.07) is 6.98. The van der Waals surface area contributed by atoms with Crippen LogP contribution in [0.25, 0.3) is 0 Å². The van der Waals surface area contributed by atoms with Gasteiger partial charge in [0.05, 0.1) is 15.5 Å². The van der Waals surface area contributed by atoms with Crippen molar-refractivity contribution in [2.75, 3.05) is 4.72 Å². The van der Waals surface area contributed by atoms with Crippen LogP contribution in [0, 0.1) is 33.5 Å². The van der Waals surface area contributed by atoms with Crippen molar-refractivity contribution in [3.05, 3.63) is 57.9 Å². The first-order valence-electron chi connectivity index (χ1n) is 6.38. The first-order chi connectivity index (χ1) is 11.2. The summed E-state index contributed by atoms with van der Waals surface area (Å²) in [7, 11) is -4.20. The monoisotopic (exact) mass is 367 g/mol. The van der Waals surface area contributed by atoms with Gasteiger partial charge in [0.1, 0.15) is 11.2 Å². The maximum atomic E-state index is 13.9. The predicted octanol–water partition coefficient (Wildman–Crippen LogP) is 3.42. The van der Waals surface area contributed by atoms with E-state index in [0.717, 1.165) is 23.9 Å². The minimum Gasteiger partial charge on any atom is -0.277 e. The molecule has 0 aliphatic rings. The molecule has 0 radical (unpaired) electrons. The fourth-order valence-corrected chi connectivity index (χ4v) is 3.34. The van der Waals surface area contributed by atoms with Crippen LogP contribution in [0.4, 0.5) is 15.8 Å². The van der Waals surface area contributed by atoms with Crippen molar-refractivity contribution in [1.29, 1.82) is 5.26 Å². The zero-order chi connectivity index (χ0) is 17.9. The van der Waals surface area contributed by atoms with Crippen LogP contribution in [-0.2, 0) is 10.0 Å². The number of nitro benzene ring substituents is 1. The number of hydrogen-bond donors (Lipinski definition) is 1. The summed E-state index contributed by atoms with van der Waals surface area (Å²) >= 11 is 0.733. The van der Waals surface area contributed by atoms with Crippen LogP contribution in [-0.4, -0.2) is 13.3 Å². The lowest BCUT2D eigenvalue weighted by Gasteiger charge is -2.10. The fraction of sp³-hybridized carbons (Fsp3) is 0.0714. The molecule has 2 aromatic carbocycles. The lowest BCUT2D eigenvalue weighted by atomic mass is 10.2. The first-order valence-corrected chi connectivity index (χ1v) is 8.68. The standard InChI is InChI=1S/C14H10FN3O4S2/c1-9-2-4-11(7-14(9)18(19)20)24(21,22)17-13-5-3-10(23-8-16)6-12(13)15/h2-7,17H,1H3. The van der Waals surface area contributed by atoms with Crippen molar-refractivity contribution < 1.29 is 17.7 Å². The molecule has 0 heterocycles. The minimum atomic E-state index is -4.20. The van der Waals surface area contributed by atoms with Crippen LogP contribution in [0.1, 0.15) is 5.56 Å². The van der Waals surface area contributed by atoms with Crippen LogP contribution in [0.15, 0.2) is 46.2 Å². The normalized spacial score (nSPS) is 10.9. The van der Waals surface area contributed by atoms with Gasteiger partial charge in [-0.2, -0.15) is 5.26 Å². The Morgan fingerprint density at radius 1 is 1.29 bits per heavy atom. The summed E-state index contributed by atoms with van der Waals surface area (Å²) < 4.78 is 40.6. The topological polar surface area (TPSA) is 113 Å². The van der Waals surface area contributed by atoms with Gasteiger partial charge >= 0.3 is 0 Å². The lowest BCUT2D eigenvalue weighted by molar-refractivity contribution is -0.385. The number of benzene rings is 2.